The van der Waals surface area contributed by atoms with E-state index in [-0.39, 0.29) is 11.4 Å². The predicted molar refractivity (Wildman–Crippen MR) is 120 cm³/mol. The molecular formula is C22H21N3O4S2. The molecule has 0 aliphatic carbocycles. The Hall–Kier alpha value is -2.93. The van der Waals surface area contributed by atoms with Crippen LogP contribution in [-0.4, -0.2) is 43.4 Å². The van der Waals surface area contributed by atoms with Crippen LogP contribution in [0.4, 0.5) is 0 Å². The van der Waals surface area contributed by atoms with Crippen LogP contribution in [0, 0.1) is 12.3 Å². The molecule has 31 heavy (non-hydrogen) atoms. The number of nitrogens with zero attached hydrogens (tertiary/aromatic N) is 3. The van der Waals surface area contributed by atoms with E-state index in [2.05, 4.69) is 10.9 Å². The molecule has 1 aliphatic heterocycles. The van der Waals surface area contributed by atoms with Crippen molar-refractivity contribution in [3.05, 3.63) is 52.8 Å². The lowest BCUT2D eigenvalue weighted by atomic mass is 10.2. The molecular weight excluding hydrogens is 434 g/mol. The fourth-order valence-electron chi connectivity index (χ4n) is 3.51. The molecule has 1 fully saturated rings. The fourth-order valence-corrected chi connectivity index (χ4v) is 6.08. The summed E-state index contributed by atoms with van der Waals surface area (Å²) in [6.45, 7) is 1.33. The number of amides is 1. The molecule has 0 saturated carbocycles. The van der Waals surface area contributed by atoms with Crippen LogP contribution in [0.1, 0.15) is 23.2 Å². The molecule has 0 radical (unpaired) electrons. The maximum atomic E-state index is 12.8. The Labute approximate surface area is 184 Å². The third-order valence-electron chi connectivity index (χ3n) is 5.14. The SMILES string of the molecule is C#CCn1c(=NC(=O)c2ccc(S(=O)(=O)N3CCCC3)cc2)sc2cc(OC)ccc21. The highest BCUT2D eigenvalue weighted by Gasteiger charge is 2.27. The van der Waals surface area contributed by atoms with Crippen LogP contribution in [0.3, 0.4) is 0 Å². The number of carbonyl (C=O) groups excluding carboxylic acids is 1. The summed E-state index contributed by atoms with van der Waals surface area (Å²) in [7, 11) is -1.93. The normalized spacial score (nSPS) is 15.3. The maximum absolute atomic E-state index is 12.8. The first-order chi connectivity index (χ1) is 14.9. The molecule has 3 aromatic rings. The van der Waals surface area contributed by atoms with E-state index in [0.717, 1.165) is 23.1 Å². The molecule has 2 aromatic carbocycles. The summed E-state index contributed by atoms with van der Waals surface area (Å²) in [5.74, 6) is 2.83. The standard InChI is InChI=1S/C22H21N3O4S2/c1-3-12-25-19-11-8-17(29-2)15-20(19)30-22(25)23-21(26)16-6-9-18(10-7-16)31(27,28)24-13-4-5-14-24/h1,6-11,15H,4-5,12-14H2,2H3. The van der Waals surface area contributed by atoms with Crippen LogP contribution in [-0.2, 0) is 16.6 Å². The molecule has 1 amide bonds. The van der Waals surface area contributed by atoms with Crippen molar-refractivity contribution in [3.8, 4) is 18.1 Å². The molecule has 0 unspecified atom stereocenters. The molecule has 2 heterocycles. The first kappa shape index (κ1) is 21.3. The van der Waals surface area contributed by atoms with E-state index in [1.54, 1.807) is 11.7 Å². The molecule has 1 saturated heterocycles. The number of methoxy groups -OCH3 is 1. The van der Waals surface area contributed by atoms with Crippen LogP contribution in [0.25, 0.3) is 10.2 Å². The zero-order chi connectivity index (χ0) is 22.0. The number of thiazole rings is 1. The minimum atomic E-state index is -3.52. The quantitative estimate of drug-likeness (QED) is 0.554. The molecule has 1 aliphatic rings. The fraction of sp³-hybridized carbons (Fsp3) is 0.273. The number of fused-ring (bicyclic) bond motifs is 1. The topological polar surface area (TPSA) is 81.0 Å². The number of terminal acetylenes is 1. The van der Waals surface area contributed by atoms with Crippen LogP contribution in [0.2, 0.25) is 0 Å². The third-order valence-corrected chi connectivity index (χ3v) is 8.09. The minimum Gasteiger partial charge on any atom is -0.497 e. The molecule has 4 rings (SSSR count). The number of benzene rings is 2. The van der Waals surface area contributed by atoms with E-state index in [1.165, 1.54) is 39.9 Å². The Morgan fingerprint density at radius 3 is 2.55 bits per heavy atom. The Bertz CT molecular complexity index is 1340. The predicted octanol–water partition coefficient (Wildman–Crippen LogP) is 2.87. The zero-order valence-electron chi connectivity index (χ0n) is 16.9. The monoisotopic (exact) mass is 455 g/mol. The summed E-state index contributed by atoms with van der Waals surface area (Å²) < 4.78 is 34.8. The van der Waals surface area contributed by atoms with E-state index >= 15 is 0 Å². The molecule has 0 spiro atoms. The van der Waals surface area contributed by atoms with Crippen molar-refractivity contribution in [3.63, 3.8) is 0 Å². The van der Waals surface area contributed by atoms with Crippen molar-refractivity contribution in [2.24, 2.45) is 4.99 Å². The largest absolute Gasteiger partial charge is 0.497 e. The third kappa shape index (κ3) is 4.14. The summed E-state index contributed by atoms with van der Waals surface area (Å²) in [6.07, 6.45) is 7.25. The highest BCUT2D eigenvalue weighted by Crippen LogP contribution is 2.24. The first-order valence-electron chi connectivity index (χ1n) is 9.74. The van der Waals surface area contributed by atoms with Gasteiger partial charge in [0.15, 0.2) is 4.80 Å². The number of carbonyl (C=O) groups is 1. The van der Waals surface area contributed by atoms with Crippen molar-refractivity contribution < 1.29 is 17.9 Å². The molecule has 1 aromatic heterocycles. The molecule has 7 nitrogen and oxygen atoms in total. The lowest BCUT2D eigenvalue weighted by Gasteiger charge is -2.15. The van der Waals surface area contributed by atoms with Gasteiger partial charge in [-0.25, -0.2) is 8.42 Å². The van der Waals surface area contributed by atoms with Gasteiger partial charge in [-0.3, -0.25) is 4.79 Å². The smallest absolute Gasteiger partial charge is 0.279 e. The minimum absolute atomic E-state index is 0.183. The van der Waals surface area contributed by atoms with Gasteiger partial charge in [0.25, 0.3) is 5.91 Å². The van der Waals surface area contributed by atoms with E-state index in [4.69, 9.17) is 11.2 Å². The number of hydrogen-bond donors (Lipinski definition) is 0. The van der Waals surface area contributed by atoms with Crippen LogP contribution >= 0.6 is 11.3 Å². The average molecular weight is 456 g/mol. The lowest BCUT2D eigenvalue weighted by molar-refractivity contribution is 0.0998. The van der Waals surface area contributed by atoms with Gasteiger partial charge in [0.1, 0.15) is 5.75 Å². The maximum Gasteiger partial charge on any atom is 0.279 e. The van der Waals surface area contributed by atoms with Crippen molar-refractivity contribution in [2.45, 2.75) is 24.3 Å². The van der Waals surface area contributed by atoms with Gasteiger partial charge in [-0.05, 0) is 55.3 Å². The summed E-state index contributed by atoms with van der Waals surface area (Å²) in [5, 5.41) is 0. The van der Waals surface area contributed by atoms with Gasteiger partial charge in [-0.1, -0.05) is 17.3 Å². The number of ether oxygens (including phenoxy) is 1. The highest BCUT2D eigenvalue weighted by atomic mass is 32.2. The molecule has 0 atom stereocenters. The Kier molecular flexibility index (Phi) is 5.96. The van der Waals surface area contributed by atoms with E-state index < -0.39 is 15.9 Å². The second-order valence-corrected chi connectivity index (χ2v) is 10.0. The van der Waals surface area contributed by atoms with Crippen LogP contribution in [0.5, 0.6) is 5.75 Å². The van der Waals surface area contributed by atoms with Crippen molar-refractivity contribution in [2.75, 3.05) is 20.2 Å². The van der Waals surface area contributed by atoms with E-state index in [1.807, 2.05) is 18.2 Å². The Balaban J connectivity index is 1.68. The van der Waals surface area contributed by atoms with Crippen molar-refractivity contribution in [1.82, 2.24) is 8.87 Å². The molecule has 0 bridgehead atoms. The number of aromatic nitrogens is 1. The first-order valence-corrected chi connectivity index (χ1v) is 12.0. The summed E-state index contributed by atoms with van der Waals surface area (Å²) >= 11 is 1.34. The van der Waals surface area contributed by atoms with E-state index in [9.17, 15) is 13.2 Å². The molecule has 160 valence electrons. The number of rotatable bonds is 5. The Morgan fingerprint density at radius 2 is 1.90 bits per heavy atom. The van der Waals surface area contributed by atoms with E-state index in [0.29, 0.717) is 29.2 Å². The lowest BCUT2D eigenvalue weighted by Crippen LogP contribution is -2.27. The van der Waals surface area contributed by atoms with Crippen molar-refractivity contribution >= 4 is 37.5 Å². The van der Waals surface area contributed by atoms with Gasteiger partial charge >= 0.3 is 0 Å². The summed E-state index contributed by atoms with van der Waals surface area (Å²) in [6, 6.07) is 11.5. The highest BCUT2D eigenvalue weighted by molar-refractivity contribution is 7.89. The molecule has 9 heteroatoms. The van der Waals surface area contributed by atoms with Gasteiger partial charge in [0.05, 0.1) is 28.8 Å². The average Bonchev–Trinajstić information content (AvgIpc) is 3.43. The van der Waals surface area contributed by atoms with Gasteiger partial charge in [0.2, 0.25) is 10.0 Å². The number of sulfonamides is 1. The second-order valence-electron chi connectivity index (χ2n) is 7.06. The summed E-state index contributed by atoms with van der Waals surface area (Å²) in [4.78, 5) is 17.7. The van der Waals surface area contributed by atoms with Crippen LogP contribution in [0.15, 0.2) is 52.4 Å². The zero-order valence-corrected chi connectivity index (χ0v) is 18.6. The number of hydrogen-bond acceptors (Lipinski definition) is 5. The van der Waals surface area contributed by atoms with Gasteiger partial charge in [-0.2, -0.15) is 9.30 Å². The molecule has 0 N–H and O–H groups in total. The summed E-state index contributed by atoms with van der Waals surface area (Å²) in [5.41, 5.74) is 1.17. The second kappa shape index (κ2) is 8.67. The van der Waals surface area contributed by atoms with Gasteiger partial charge in [-0.15, -0.1) is 6.42 Å². The Morgan fingerprint density at radius 1 is 1.19 bits per heavy atom. The van der Waals surface area contributed by atoms with Gasteiger partial charge in [0, 0.05) is 18.7 Å². The van der Waals surface area contributed by atoms with Crippen molar-refractivity contribution in [1.29, 1.82) is 0 Å². The van der Waals surface area contributed by atoms with Gasteiger partial charge < -0.3 is 9.30 Å². The van der Waals surface area contributed by atoms with Crippen LogP contribution < -0.4 is 9.54 Å².